The Kier molecular flexibility index (Phi) is 10.1. The molecule has 5 aromatic rings. The number of hydrogen-bond donors (Lipinski definition) is 1. The highest BCUT2D eigenvalue weighted by Gasteiger charge is 2.27. The van der Waals surface area contributed by atoms with Crippen LogP contribution >= 0.6 is 90.4 Å². The average Bonchev–Trinajstić information content (AvgIpc) is 4.03. The number of halogens is 4. The summed E-state index contributed by atoms with van der Waals surface area (Å²) < 4.78 is 4.74. The highest BCUT2D eigenvalue weighted by atomic mass is 127. The number of rotatable bonds is 4. The largest absolute Gasteiger partial charge is 0.354 e. The van der Waals surface area contributed by atoms with Gasteiger partial charge in [-0.25, -0.2) is 9.98 Å². The van der Waals surface area contributed by atoms with Crippen molar-refractivity contribution in [2.24, 2.45) is 9.98 Å². The Morgan fingerprint density at radius 3 is 1.23 bits per heavy atom. The van der Waals surface area contributed by atoms with Gasteiger partial charge in [0.15, 0.2) is 0 Å². The van der Waals surface area contributed by atoms with Crippen LogP contribution in [0.15, 0.2) is 191 Å². The first kappa shape index (κ1) is 37.1. The van der Waals surface area contributed by atoms with Crippen molar-refractivity contribution in [2.75, 3.05) is 0 Å². The third-order valence-corrected chi connectivity index (χ3v) is 13.4. The summed E-state index contributed by atoms with van der Waals surface area (Å²) in [4.78, 5) is 14.9. The maximum atomic E-state index is 5.54. The summed E-state index contributed by atoms with van der Waals surface area (Å²) in [7, 11) is 0. The first-order chi connectivity index (χ1) is 27.9. The summed E-state index contributed by atoms with van der Waals surface area (Å²) >= 11 is 9.53. The summed E-state index contributed by atoms with van der Waals surface area (Å²) in [5.74, 6) is 0. The molecule has 0 unspecified atom stereocenters. The van der Waals surface area contributed by atoms with Crippen molar-refractivity contribution >= 4 is 124 Å². The van der Waals surface area contributed by atoms with E-state index in [0.29, 0.717) is 0 Å². The van der Waals surface area contributed by atoms with Crippen LogP contribution in [0.4, 0.5) is 0 Å². The Balaban J connectivity index is 1.39. The van der Waals surface area contributed by atoms with E-state index in [1.54, 1.807) is 0 Å². The summed E-state index contributed by atoms with van der Waals surface area (Å²) in [6, 6.07) is 52.8. The van der Waals surface area contributed by atoms with Gasteiger partial charge in [-0.1, -0.05) is 78.9 Å². The van der Waals surface area contributed by atoms with Crippen LogP contribution in [0.25, 0.3) is 33.4 Å². The van der Waals surface area contributed by atoms with E-state index < -0.39 is 0 Å². The average molecular weight is 1180 g/mol. The minimum absolute atomic E-state index is 0.882. The van der Waals surface area contributed by atoms with Gasteiger partial charge in [-0.15, -0.1) is 0 Å². The maximum Gasteiger partial charge on any atom is 0.0738 e. The molecule has 1 aromatic heterocycles. The molecule has 272 valence electrons. The number of aromatic nitrogens is 1. The van der Waals surface area contributed by atoms with Gasteiger partial charge in [0.1, 0.15) is 0 Å². The van der Waals surface area contributed by atoms with E-state index >= 15 is 0 Å². The molecule has 4 heterocycles. The van der Waals surface area contributed by atoms with Crippen LogP contribution in [0.1, 0.15) is 33.4 Å². The Labute approximate surface area is 385 Å². The zero-order chi connectivity index (χ0) is 38.6. The van der Waals surface area contributed by atoms with Crippen molar-refractivity contribution in [1.82, 2.24) is 4.98 Å². The van der Waals surface area contributed by atoms with E-state index in [1.807, 2.05) is 0 Å². The van der Waals surface area contributed by atoms with Gasteiger partial charge in [0.25, 0.3) is 0 Å². The third-order valence-electron chi connectivity index (χ3n) is 10.5. The molecule has 3 nitrogen and oxygen atoms in total. The molecule has 10 rings (SSSR count). The quantitative estimate of drug-likeness (QED) is 0.171. The second kappa shape index (κ2) is 15.5. The predicted octanol–water partition coefficient (Wildman–Crippen LogP) is 12.2. The molecular formula is C50H29I4N3. The molecule has 0 radical (unpaired) electrons. The van der Waals surface area contributed by atoms with E-state index in [4.69, 9.17) is 9.98 Å². The molecule has 0 saturated carbocycles. The van der Waals surface area contributed by atoms with Crippen LogP contribution in [0.3, 0.4) is 0 Å². The van der Waals surface area contributed by atoms with Crippen LogP contribution < -0.4 is 10.7 Å². The fourth-order valence-corrected chi connectivity index (χ4v) is 9.37. The van der Waals surface area contributed by atoms with Gasteiger partial charge in [-0.3, -0.25) is 0 Å². The van der Waals surface area contributed by atoms with Crippen LogP contribution in [0.5, 0.6) is 0 Å². The molecule has 0 spiro atoms. The fourth-order valence-electron chi connectivity index (χ4n) is 7.93. The lowest BCUT2D eigenvalue weighted by molar-refractivity contribution is 1.24. The second-order valence-electron chi connectivity index (χ2n) is 14.0. The first-order valence-electron chi connectivity index (χ1n) is 18.4. The van der Waals surface area contributed by atoms with E-state index in [2.05, 4.69) is 265 Å². The second-order valence-corrected chi connectivity index (χ2v) is 18.9. The lowest BCUT2D eigenvalue weighted by Crippen LogP contribution is -2.19. The Bertz CT molecular complexity index is 3050. The molecule has 3 aliphatic heterocycles. The number of H-pyrrole nitrogens is 1. The highest BCUT2D eigenvalue weighted by Crippen LogP contribution is 2.45. The van der Waals surface area contributed by atoms with E-state index in [9.17, 15) is 0 Å². The summed E-state index contributed by atoms with van der Waals surface area (Å²) in [6.45, 7) is 0. The van der Waals surface area contributed by atoms with Crippen molar-refractivity contribution in [3.05, 3.63) is 240 Å². The normalized spacial score (nSPS) is 14.9. The number of nitrogens with zero attached hydrogens (tertiary/aromatic N) is 2. The molecular weight excluding hydrogens is 1150 g/mol. The summed E-state index contributed by atoms with van der Waals surface area (Å²) in [5.41, 5.74) is 16.9. The van der Waals surface area contributed by atoms with E-state index in [1.165, 1.54) is 25.4 Å². The maximum absolute atomic E-state index is 5.54. The summed E-state index contributed by atoms with van der Waals surface area (Å²) in [5, 5.41) is 2.04. The Morgan fingerprint density at radius 1 is 0.333 bits per heavy atom. The van der Waals surface area contributed by atoms with E-state index in [-0.39, 0.29) is 0 Å². The SMILES string of the molecule is Ic1ccc(C2=C3C=CC(=N3)C(c3ccc(I)cc3)=c3ccc([nH]3)=C(c3ccc(I)cc3)c3cc(c4cccccc3-4)C(c3ccc(I)cc3)=C3C=CC2=N3)cc1. The zero-order valence-electron chi connectivity index (χ0n) is 30.1. The van der Waals surface area contributed by atoms with Crippen LogP contribution in [-0.4, -0.2) is 16.4 Å². The molecule has 0 saturated heterocycles. The lowest BCUT2D eigenvalue weighted by Gasteiger charge is -2.12. The van der Waals surface area contributed by atoms with Crippen molar-refractivity contribution in [1.29, 1.82) is 0 Å². The van der Waals surface area contributed by atoms with Gasteiger partial charge < -0.3 is 4.98 Å². The van der Waals surface area contributed by atoms with Gasteiger partial charge in [-0.05, 0) is 226 Å². The molecule has 0 amide bonds. The molecule has 0 atom stereocenters. The summed E-state index contributed by atoms with van der Waals surface area (Å²) in [6.07, 6.45) is 8.65. The standard InChI is InChI=1S/C50H29I4N3/c51-33-14-6-29(7-15-33)47-39-28-40(38-5-3-1-2-4-37(38)39)48(30-8-16-34(52)17-9-30)42-23-25-44(56-42)50(32-12-20-36(54)21-13-32)46-27-26-45(57-46)49(43-24-22-41(47)55-43)31-10-18-35(53)19-11-31/h1-28,55H. The van der Waals surface area contributed by atoms with Gasteiger partial charge in [0.05, 0.1) is 22.8 Å². The monoisotopic (exact) mass is 1180 g/mol. The Morgan fingerprint density at radius 2 is 0.719 bits per heavy atom. The molecule has 1 N–H and O–H groups in total. The predicted molar refractivity (Wildman–Crippen MR) is 270 cm³/mol. The van der Waals surface area contributed by atoms with Crippen molar-refractivity contribution in [3.63, 3.8) is 0 Å². The third kappa shape index (κ3) is 7.08. The first-order valence-corrected chi connectivity index (χ1v) is 22.7. The van der Waals surface area contributed by atoms with Crippen LogP contribution in [0.2, 0.25) is 0 Å². The van der Waals surface area contributed by atoms with Crippen LogP contribution in [0, 0.1) is 14.3 Å². The molecule has 4 aromatic carbocycles. The molecule has 7 heteroatoms. The lowest BCUT2D eigenvalue weighted by atomic mass is 9.94. The molecule has 8 bridgehead atoms. The number of aromatic amines is 1. The van der Waals surface area contributed by atoms with Gasteiger partial charge in [0, 0.05) is 47.3 Å². The Hall–Kier alpha value is -4.18. The van der Waals surface area contributed by atoms with Crippen molar-refractivity contribution in [3.8, 4) is 11.1 Å². The topological polar surface area (TPSA) is 40.5 Å². The molecule has 0 fully saturated rings. The van der Waals surface area contributed by atoms with Crippen molar-refractivity contribution in [2.45, 2.75) is 0 Å². The number of hydrogen-bond acceptors (Lipinski definition) is 2. The number of aliphatic imine (C=N–C) groups is 2. The molecule has 5 aliphatic rings. The number of allylic oxidation sites excluding steroid dienone is 5. The minimum atomic E-state index is 0.882. The van der Waals surface area contributed by atoms with E-state index in [0.717, 1.165) is 89.2 Å². The van der Waals surface area contributed by atoms with Gasteiger partial charge in [0.2, 0.25) is 0 Å². The molecule has 2 aliphatic carbocycles. The fraction of sp³-hybridized carbons (Fsp3) is 0. The number of nitrogens with one attached hydrogen (secondary N) is 1. The van der Waals surface area contributed by atoms with Gasteiger partial charge in [-0.2, -0.15) is 0 Å². The number of fused-ring (bicyclic) bond motifs is 9. The minimum Gasteiger partial charge on any atom is -0.354 e. The van der Waals surface area contributed by atoms with Crippen LogP contribution in [-0.2, 0) is 0 Å². The van der Waals surface area contributed by atoms with Crippen molar-refractivity contribution < 1.29 is 0 Å². The smallest absolute Gasteiger partial charge is 0.0738 e. The zero-order valence-corrected chi connectivity index (χ0v) is 38.7. The molecule has 57 heavy (non-hydrogen) atoms. The number of benzene rings is 4. The highest BCUT2D eigenvalue weighted by molar-refractivity contribution is 14.1. The van der Waals surface area contributed by atoms with Gasteiger partial charge >= 0.3 is 0 Å².